The quantitative estimate of drug-likeness (QED) is 0.509. The van der Waals surface area contributed by atoms with Crippen molar-refractivity contribution in [3.8, 4) is 23.0 Å². The number of rotatable bonds is 10. The molecule has 1 amide bonds. The summed E-state index contributed by atoms with van der Waals surface area (Å²) in [5.74, 6) is -0.00738. The lowest BCUT2D eigenvalue weighted by atomic mass is 10.0. The van der Waals surface area contributed by atoms with Crippen molar-refractivity contribution in [3.05, 3.63) is 53.3 Å². The van der Waals surface area contributed by atoms with E-state index in [1.54, 1.807) is 43.5 Å². The van der Waals surface area contributed by atoms with Gasteiger partial charge in [0.1, 0.15) is 29.0 Å². The van der Waals surface area contributed by atoms with Crippen LogP contribution in [0.3, 0.4) is 0 Å². The van der Waals surface area contributed by atoms with Gasteiger partial charge in [0.15, 0.2) is 12.4 Å². The first-order valence-corrected chi connectivity index (χ1v) is 10.7. The molecule has 0 aliphatic carbocycles. The summed E-state index contributed by atoms with van der Waals surface area (Å²) in [5.41, 5.74) is 0.966. The maximum Gasteiger partial charge on any atom is 0.326 e. The van der Waals surface area contributed by atoms with Crippen molar-refractivity contribution in [1.82, 2.24) is 5.32 Å². The largest absolute Gasteiger partial charge is 0.497 e. The zero-order valence-corrected chi connectivity index (χ0v) is 19.4. The predicted octanol–water partition coefficient (Wildman–Crippen LogP) is 3.31. The summed E-state index contributed by atoms with van der Waals surface area (Å²) < 4.78 is 21.8. The molecule has 0 fully saturated rings. The molecule has 34 heavy (non-hydrogen) atoms. The maximum absolute atomic E-state index is 12.8. The number of fused-ring (bicyclic) bond motifs is 1. The van der Waals surface area contributed by atoms with Crippen LogP contribution in [0.15, 0.2) is 42.2 Å². The molecule has 1 unspecified atom stereocenters. The van der Waals surface area contributed by atoms with E-state index in [1.807, 2.05) is 13.8 Å². The Balaban J connectivity index is 1.69. The summed E-state index contributed by atoms with van der Waals surface area (Å²) in [6.45, 7) is 3.37. The van der Waals surface area contributed by atoms with E-state index < -0.39 is 17.9 Å². The standard InChI is InChI=1S/C25H27NO8/c1-14(2)9-19(25(29)30)26-23(27)13-33-17-5-7-18-21(12-17)34-22(24(18)28)11-15-10-16(31-3)6-8-20(15)32-4/h5-8,10-12,14,19H,9,13H2,1-4H3,(H,26,27)(H,29,30). The van der Waals surface area contributed by atoms with Crippen molar-refractivity contribution in [2.75, 3.05) is 20.8 Å². The van der Waals surface area contributed by atoms with Crippen molar-refractivity contribution in [2.24, 2.45) is 5.92 Å². The van der Waals surface area contributed by atoms with E-state index >= 15 is 0 Å². The smallest absolute Gasteiger partial charge is 0.326 e. The lowest BCUT2D eigenvalue weighted by Gasteiger charge is -2.16. The molecule has 2 aromatic carbocycles. The molecule has 9 heteroatoms. The summed E-state index contributed by atoms with van der Waals surface area (Å²) >= 11 is 0. The molecule has 9 nitrogen and oxygen atoms in total. The van der Waals surface area contributed by atoms with E-state index in [1.165, 1.54) is 13.2 Å². The fourth-order valence-electron chi connectivity index (χ4n) is 3.43. The Morgan fingerprint density at radius 3 is 2.47 bits per heavy atom. The van der Waals surface area contributed by atoms with Gasteiger partial charge in [-0.3, -0.25) is 9.59 Å². The summed E-state index contributed by atoms with van der Waals surface area (Å²) in [4.78, 5) is 36.2. The SMILES string of the molecule is COc1ccc(OC)c(C=C2Oc3cc(OCC(=O)NC(CC(C)C)C(=O)O)ccc3C2=O)c1. The summed E-state index contributed by atoms with van der Waals surface area (Å²) in [5, 5.41) is 11.7. The molecule has 1 aliphatic heterocycles. The van der Waals surface area contributed by atoms with Gasteiger partial charge in [0.2, 0.25) is 5.78 Å². The first-order chi connectivity index (χ1) is 16.2. The maximum atomic E-state index is 12.8. The van der Waals surface area contributed by atoms with Crippen molar-refractivity contribution in [2.45, 2.75) is 26.3 Å². The Kier molecular flexibility index (Phi) is 7.78. The number of ketones is 1. The molecule has 0 saturated heterocycles. The molecule has 0 bridgehead atoms. The first kappa shape index (κ1) is 24.6. The Bertz CT molecular complexity index is 1120. The van der Waals surface area contributed by atoms with Crippen molar-refractivity contribution < 1.29 is 38.4 Å². The van der Waals surface area contributed by atoms with Crippen LogP contribution in [-0.2, 0) is 9.59 Å². The lowest BCUT2D eigenvalue weighted by Crippen LogP contribution is -2.43. The van der Waals surface area contributed by atoms with Gasteiger partial charge in [0.05, 0.1) is 19.8 Å². The van der Waals surface area contributed by atoms with Gasteiger partial charge in [-0.05, 0) is 48.7 Å². The Hall–Kier alpha value is -4.01. The number of benzene rings is 2. The number of carbonyl (C=O) groups is 3. The van der Waals surface area contributed by atoms with E-state index in [0.29, 0.717) is 40.5 Å². The molecule has 3 rings (SSSR count). The monoisotopic (exact) mass is 469 g/mol. The van der Waals surface area contributed by atoms with Gasteiger partial charge in [-0.25, -0.2) is 4.79 Å². The predicted molar refractivity (Wildman–Crippen MR) is 123 cm³/mol. The molecular formula is C25H27NO8. The average molecular weight is 469 g/mol. The van der Waals surface area contributed by atoms with Crippen LogP contribution in [0.25, 0.3) is 6.08 Å². The fourth-order valence-corrected chi connectivity index (χ4v) is 3.43. The minimum absolute atomic E-state index is 0.105. The van der Waals surface area contributed by atoms with Crippen molar-refractivity contribution in [3.63, 3.8) is 0 Å². The second kappa shape index (κ2) is 10.7. The van der Waals surface area contributed by atoms with Crippen LogP contribution in [0.1, 0.15) is 36.2 Å². The molecule has 0 aromatic heterocycles. The third-order valence-corrected chi connectivity index (χ3v) is 5.08. The summed E-state index contributed by atoms with van der Waals surface area (Å²) in [6.07, 6.45) is 1.88. The van der Waals surface area contributed by atoms with Crippen LogP contribution in [0, 0.1) is 5.92 Å². The third kappa shape index (κ3) is 5.86. The minimum Gasteiger partial charge on any atom is -0.497 e. The van der Waals surface area contributed by atoms with E-state index in [4.69, 9.17) is 18.9 Å². The highest BCUT2D eigenvalue weighted by Crippen LogP contribution is 2.36. The van der Waals surface area contributed by atoms with Gasteiger partial charge in [-0.15, -0.1) is 0 Å². The molecule has 180 valence electrons. The molecule has 1 aliphatic rings. The highest BCUT2D eigenvalue weighted by Gasteiger charge is 2.28. The number of aliphatic carboxylic acids is 1. The molecule has 2 aromatic rings. The molecule has 0 saturated carbocycles. The first-order valence-electron chi connectivity index (χ1n) is 10.7. The second-order valence-corrected chi connectivity index (χ2v) is 8.08. The highest BCUT2D eigenvalue weighted by atomic mass is 16.5. The highest BCUT2D eigenvalue weighted by molar-refractivity contribution is 6.14. The topological polar surface area (TPSA) is 120 Å². The van der Waals surface area contributed by atoms with E-state index in [0.717, 1.165) is 0 Å². The van der Waals surface area contributed by atoms with Gasteiger partial charge >= 0.3 is 5.97 Å². The molecular weight excluding hydrogens is 442 g/mol. The van der Waals surface area contributed by atoms with Crippen LogP contribution in [0.4, 0.5) is 0 Å². The minimum atomic E-state index is -1.10. The van der Waals surface area contributed by atoms with E-state index in [9.17, 15) is 19.5 Å². The van der Waals surface area contributed by atoms with Crippen molar-refractivity contribution >= 4 is 23.7 Å². The number of carboxylic acid groups (broad SMARTS) is 1. The van der Waals surface area contributed by atoms with Crippen LogP contribution < -0.4 is 24.3 Å². The van der Waals surface area contributed by atoms with Crippen LogP contribution >= 0.6 is 0 Å². The number of hydrogen-bond donors (Lipinski definition) is 2. The van der Waals surface area contributed by atoms with Gasteiger partial charge in [-0.1, -0.05) is 13.8 Å². The van der Waals surface area contributed by atoms with Crippen LogP contribution in [0.5, 0.6) is 23.0 Å². The second-order valence-electron chi connectivity index (χ2n) is 8.08. The Morgan fingerprint density at radius 1 is 1.09 bits per heavy atom. The van der Waals surface area contributed by atoms with Gasteiger partial charge < -0.3 is 29.4 Å². The lowest BCUT2D eigenvalue weighted by molar-refractivity contribution is -0.142. The van der Waals surface area contributed by atoms with Crippen LogP contribution in [0.2, 0.25) is 0 Å². The fraction of sp³-hybridized carbons (Fsp3) is 0.320. The van der Waals surface area contributed by atoms with Gasteiger partial charge in [0, 0.05) is 11.6 Å². The summed E-state index contributed by atoms with van der Waals surface area (Å²) in [6, 6.07) is 8.81. The number of methoxy groups -OCH3 is 2. The molecule has 1 heterocycles. The number of amides is 1. The van der Waals surface area contributed by atoms with Crippen molar-refractivity contribution in [1.29, 1.82) is 0 Å². The normalized spacial score (nSPS) is 14.4. The number of Topliss-reactive ketones (excluding diaryl/α,β-unsaturated/α-hetero) is 1. The number of allylic oxidation sites excluding steroid dienone is 1. The van der Waals surface area contributed by atoms with Crippen LogP contribution in [-0.4, -0.2) is 49.6 Å². The van der Waals surface area contributed by atoms with E-state index in [2.05, 4.69) is 5.32 Å². The number of hydrogen-bond acceptors (Lipinski definition) is 7. The number of carboxylic acids is 1. The zero-order chi connectivity index (χ0) is 24.8. The Labute approximate surface area is 197 Å². The molecule has 0 spiro atoms. The number of carbonyl (C=O) groups excluding carboxylic acids is 2. The molecule has 2 N–H and O–H groups in total. The summed E-state index contributed by atoms with van der Waals surface area (Å²) in [7, 11) is 3.07. The Morgan fingerprint density at radius 2 is 1.82 bits per heavy atom. The van der Waals surface area contributed by atoms with Gasteiger partial charge in [-0.2, -0.15) is 0 Å². The molecule has 0 radical (unpaired) electrons. The number of nitrogens with one attached hydrogen (secondary N) is 1. The zero-order valence-electron chi connectivity index (χ0n) is 19.4. The number of ether oxygens (including phenoxy) is 4. The van der Waals surface area contributed by atoms with Gasteiger partial charge in [0.25, 0.3) is 5.91 Å². The molecule has 1 atom stereocenters. The average Bonchev–Trinajstić information content (AvgIpc) is 3.11. The third-order valence-electron chi connectivity index (χ3n) is 5.08. The van der Waals surface area contributed by atoms with E-state index in [-0.39, 0.29) is 24.1 Å².